The van der Waals surface area contributed by atoms with E-state index in [2.05, 4.69) is 6.92 Å². The molecule has 2 aromatic rings. The first kappa shape index (κ1) is 16.4. The van der Waals surface area contributed by atoms with E-state index >= 15 is 0 Å². The van der Waals surface area contributed by atoms with Gasteiger partial charge >= 0.3 is 0 Å². The van der Waals surface area contributed by atoms with E-state index in [1.165, 1.54) is 11.1 Å². The highest BCUT2D eigenvalue weighted by Crippen LogP contribution is 2.34. The van der Waals surface area contributed by atoms with E-state index in [4.69, 9.17) is 20.0 Å². The maximum absolute atomic E-state index is 8.61. The van der Waals surface area contributed by atoms with Crippen molar-refractivity contribution in [2.45, 2.75) is 33.1 Å². The van der Waals surface area contributed by atoms with E-state index in [0.717, 1.165) is 17.5 Å². The summed E-state index contributed by atoms with van der Waals surface area (Å²) >= 11 is 0. The number of benzene rings is 2. The molecular weight excluding hydrogens is 288 g/mol. The van der Waals surface area contributed by atoms with Crippen LogP contribution in [0.5, 0.6) is 11.5 Å². The topological polar surface area (TPSA) is 66.0 Å². The van der Waals surface area contributed by atoms with Gasteiger partial charge in [-0.1, -0.05) is 19.1 Å². The fraction of sp³-hybridized carbons (Fsp3) is 0.263. The van der Waals surface area contributed by atoms with Gasteiger partial charge in [0.05, 0.1) is 0 Å². The lowest BCUT2D eigenvalue weighted by Crippen LogP contribution is -2.04. The number of rotatable bonds is 5. The Morgan fingerprint density at radius 2 is 1.30 bits per heavy atom. The van der Waals surface area contributed by atoms with Crippen LogP contribution in [-0.2, 0) is 0 Å². The van der Waals surface area contributed by atoms with Crippen molar-refractivity contribution in [2.24, 2.45) is 0 Å². The predicted octanol–water partition coefficient (Wildman–Crippen LogP) is 4.57. The lowest BCUT2D eigenvalue weighted by molar-refractivity contribution is 0.506. The van der Waals surface area contributed by atoms with Crippen LogP contribution in [-0.4, -0.2) is 0 Å². The minimum absolute atomic E-state index is 0.238. The van der Waals surface area contributed by atoms with Crippen LogP contribution in [0.1, 0.15) is 41.5 Å². The van der Waals surface area contributed by atoms with Gasteiger partial charge in [-0.15, -0.1) is 10.5 Å². The maximum atomic E-state index is 8.61. The lowest BCUT2D eigenvalue weighted by atomic mass is 9.84. The minimum Gasteiger partial charge on any atom is -0.388 e. The Morgan fingerprint density at radius 1 is 0.870 bits per heavy atom. The Kier molecular flexibility index (Phi) is 5.23. The van der Waals surface area contributed by atoms with Crippen molar-refractivity contribution in [2.75, 3.05) is 0 Å². The molecule has 0 saturated carbocycles. The van der Waals surface area contributed by atoms with Gasteiger partial charge in [-0.25, -0.2) is 0 Å². The molecule has 0 heterocycles. The number of aryl methyl sites for hydroxylation is 2. The predicted molar refractivity (Wildman–Crippen MR) is 87.0 cm³/mol. The quantitative estimate of drug-likeness (QED) is 0.759. The standard InChI is InChI=1S/C19H18N2O2/c1-4-17(18-7-5-15(22-11-20)9-13(18)2)19-8-6-16(23-12-21)10-14(19)3/h5-10,17H,4H2,1-3H3. The van der Waals surface area contributed by atoms with E-state index in [9.17, 15) is 0 Å². The molecule has 0 saturated heterocycles. The molecule has 4 heteroatoms. The number of nitriles is 2. The summed E-state index contributed by atoms with van der Waals surface area (Å²) in [5.41, 5.74) is 4.58. The van der Waals surface area contributed by atoms with Gasteiger partial charge in [0, 0.05) is 5.92 Å². The summed E-state index contributed by atoms with van der Waals surface area (Å²) < 4.78 is 9.77. The fourth-order valence-electron chi connectivity index (χ4n) is 2.92. The van der Waals surface area contributed by atoms with Crippen molar-refractivity contribution < 1.29 is 9.47 Å². The first-order valence-corrected chi connectivity index (χ1v) is 7.43. The highest BCUT2D eigenvalue weighted by atomic mass is 16.5. The first-order chi connectivity index (χ1) is 11.1. The van der Waals surface area contributed by atoms with Gasteiger partial charge in [-0.05, 0) is 66.8 Å². The molecule has 0 N–H and O–H groups in total. The van der Waals surface area contributed by atoms with Gasteiger partial charge in [0.2, 0.25) is 0 Å². The van der Waals surface area contributed by atoms with Gasteiger partial charge in [0.1, 0.15) is 11.5 Å². The van der Waals surface area contributed by atoms with E-state index in [1.54, 1.807) is 12.5 Å². The summed E-state index contributed by atoms with van der Waals surface area (Å²) in [6, 6.07) is 11.4. The molecule has 2 aromatic carbocycles. The van der Waals surface area contributed by atoms with E-state index in [0.29, 0.717) is 11.5 Å². The van der Waals surface area contributed by atoms with Crippen molar-refractivity contribution in [3.63, 3.8) is 0 Å². The SMILES string of the molecule is CCC(c1ccc(OC#N)cc1C)c1ccc(OC#N)cc1C. The number of hydrogen-bond acceptors (Lipinski definition) is 4. The van der Waals surface area contributed by atoms with E-state index < -0.39 is 0 Å². The zero-order valence-corrected chi connectivity index (χ0v) is 13.5. The van der Waals surface area contributed by atoms with Crippen molar-refractivity contribution in [1.29, 1.82) is 10.5 Å². The maximum Gasteiger partial charge on any atom is 0.292 e. The lowest BCUT2D eigenvalue weighted by Gasteiger charge is -2.21. The summed E-state index contributed by atoms with van der Waals surface area (Å²) in [6.07, 6.45) is 4.33. The van der Waals surface area contributed by atoms with Crippen LogP contribution in [0.4, 0.5) is 0 Å². The average molecular weight is 306 g/mol. The van der Waals surface area contributed by atoms with Crippen LogP contribution in [0.15, 0.2) is 36.4 Å². The second-order valence-electron chi connectivity index (χ2n) is 5.38. The third kappa shape index (κ3) is 3.62. The highest BCUT2D eigenvalue weighted by Gasteiger charge is 2.17. The average Bonchev–Trinajstić information content (AvgIpc) is 2.52. The Bertz CT molecular complexity index is 719. The highest BCUT2D eigenvalue weighted by molar-refractivity contribution is 5.46. The summed E-state index contributed by atoms with van der Waals surface area (Å²) in [4.78, 5) is 0. The van der Waals surface area contributed by atoms with Crippen molar-refractivity contribution in [3.8, 4) is 24.0 Å². The summed E-state index contributed by atoms with van der Waals surface area (Å²) in [6.45, 7) is 6.18. The Labute approximate surface area is 136 Å². The van der Waals surface area contributed by atoms with Gasteiger partial charge in [0.15, 0.2) is 0 Å². The number of nitrogens with zero attached hydrogens (tertiary/aromatic N) is 2. The van der Waals surface area contributed by atoms with Gasteiger partial charge in [-0.3, -0.25) is 0 Å². The molecule has 0 aliphatic heterocycles. The molecule has 0 radical (unpaired) electrons. The van der Waals surface area contributed by atoms with Crippen LogP contribution >= 0.6 is 0 Å². The minimum atomic E-state index is 0.238. The molecule has 0 spiro atoms. The van der Waals surface area contributed by atoms with E-state index in [-0.39, 0.29) is 5.92 Å². The molecule has 0 amide bonds. The largest absolute Gasteiger partial charge is 0.388 e. The first-order valence-electron chi connectivity index (χ1n) is 7.43. The molecule has 0 unspecified atom stereocenters. The summed E-state index contributed by atoms with van der Waals surface area (Å²) in [5.74, 6) is 1.35. The van der Waals surface area contributed by atoms with Crippen LogP contribution in [0.25, 0.3) is 0 Å². The van der Waals surface area contributed by atoms with Crippen LogP contribution in [0, 0.1) is 36.9 Å². The number of hydrogen-bond donors (Lipinski definition) is 0. The Hall–Kier alpha value is -2.98. The van der Waals surface area contributed by atoms with Gasteiger partial charge in [-0.2, -0.15) is 0 Å². The van der Waals surface area contributed by atoms with E-state index in [1.807, 2.05) is 50.2 Å². The zero-order chi connectivity index (χ0) is 16.8. The summed E-state index contributed by atoms with van der Waals surface area (Å²) in [5, 5.41) is 17.2. The second kappa shape index (κ2) is 7.33. The zero-order valence-electron chi connectivity index (χ0n) is 13.5. The van der Waals surface area contributed by atoms with Crippen molar-refractivity contribution in [3.05, 3.63) is 58.7 Å². The molecule has 0 aliphatic carbocycles. The van der Waals surface area contributed by atoms with Crippen LogP contribution < -0.4 is 9.47 Å². The van der Waals surface area contributed by atoms with Crippen molar-refractivity contribution >= 4 is 0 Å². The second-order valence-corrected chi connectivity index (χ2v) is 5.38. The molecule has 0 aliphatic rings. The van der Waals surface area contributed by atoms with Crippen LogP contribution in [0.3, 0.4) is 0 Å². The molecular formula is C19H18N2O2. The Balaban J connectivity index is 2.41. The Morgan fingerprint density at radius 3 is 1.61 bits per heavy atom. The smallest absolute Gasteiger partial charge is 0.292 e. The molecule has 0 aromatic heterocycles. The van der Waals surface area contributed by atoms with Gasteiger partial charge < -0.3 is 9.47 Å². The third-order valence-corrected chi connectivity index (χ3v) is 3.97. The van der Waals surface area contributed by atoms with Gasteiger partial charge in [0.25, 0.3) is 12.5 Å². The monoisotopic (exact) mass is 306 g/mol. The molecule has 2 rings (SSSR count). The normalized spacial score (nSPS) is 10.0. The van der Waals surface area contributed by atoms with Crippen LogP contribution in [0.2, 0.25) is 0 Å². The fourth-order valence-corrected chi connectivity index (χ4v) is 2.92. The molecule has 116 valence electrons. The van der Waals surface area contributed by atoms with Crippen molar-refractivity contribution in [1.82, 2.24) is 0 Å². The molecule has 23 heavy (non-hydrogen) atoms. The molecule has 0 atom stereocenters. The summed E-state index contributed by atoms with van der Waals surface area (Å²) in [7, 11) is 0. The molecule has 0 fully saturated rings. The molecule has 0 bridgehead atoms. The molecule has 4 nitrogen and oxygen atoms in total. The third-order valence-electron chi connectivity index (χ3n) is 3.97. The number of ether oxygens (including phenoxy) is 2.